The van der Waals surface area contributed by atoms with Gasteiger partial charge in [0.25, 0.3) is 0 Å². The molecule has 3 heteroatoms. The van der Waals surface area contributed by atoms with Crippen LogP contribution < -0.4 is 10.3 Å². The van der Waals surface area contributed by atoms with E-state index >= 15 is 0 Å². The molecule has 0 amide bonds. The first-order valence-electron chi connectivity index (χ1n) is 4.47. The molecule has 0 fully saturated rings. The van der Waals surface area contributed by atoms with Crippen LogP contribution in [0.5, 0.6) is 0 Å². The molecule has 1 atom stereocenters. The van der Waals surface area contributed by atoms with Gasteiger partial charge in [-0.3, -0.25) is 0 Å². The molecule has 0 aromatic rings. The van der Waals surface area contributed by atoms with Gasteiger partial charge in [-0.15, -0.1) is 0 Å². The van der Waals surface area contributed by atoms with E-state index < -0.39 is 0 Å². The van der Waals surface area contributed by atoms with E-state index in [9.17, 15) is 0 Å². The van der Waals surface area contributed by atoms with Crippen molar-refractivity contribution in [2.45, 2.75) is 39.5 Å². The van der Waals surface area contributed by atoms with Gasteiger partial charge in [-0.1, -0.05) is 45.9 Å². The molecule has 0 rings (SSSR count). The molecule has 0 saturated heterocycles. The van der Waals surface area contributed by atoms with Crippen LogP contribution in [0.4, 0.5) is 0 Å². The van der Waals surface area contributed by atoms with Gasteiger partial charge >= 0.3 is 0 Å². The van der Waals surface area contributed by atoms with E-state index in [0.717, 1.165) is 12.5 Å². The Balaban J connectivity index is 3.25. The first-order chi connectivity index (χ1) is 5.35. The van der Waals surface area contributed by atoms with E-state index in [-0.39, 0.29) is 0 Å². The monoisotopic (exact) mass is 176 g/mol. The molecule has 0 radical (unpaired) electrons. The molecule has 0 saturated carbocycles. The maximum Gasteiger partial charge on any atom is 0.0137 e. The number of hydrazine groups is 1. The SMILES string of the molecule is CCCCC(CC)CNNS. The van der Waals surface area contributed by atoms with E-state index in [1.807, 2.05) is 0 Å². The highest BCUT2D eigenvalue weighted by molar-refractivity contribution is 7.78. The molecule has 0 bridgehead atoms. The lowest BCUT2D eigenvalue weighted by Gasteiger charge is -2.13. The zero-order chi connectivity index (χ0) is 8.53. The molecule has 0 aromatic heterocycles. The summed E-state index contributed by atoms with van der Waals surface area (Å²) in [5, 5.41) is 0. The van der Waals surface area contributed by atoms with Gasteiger partial charge in [0.05, 0.1) is 0 Å². The van der Waals surface area contributed by atoms with Crippen molar-refractivity contribution in [2.75, 3.05) is 6.54 Å². The summed E-state index contributed by atoms with van der Waals surface area (Å²) < 4.78 is 0. The summed E-state index contributed by atoms with van der Waals surface area (Å²) in [7, 11) is 0. The summed E-state index contributed by atoms with van der Waals surface area (Å²) in [5.74, 6) is 0.801. The van der Waals surface area contributed by atoms with Crippen molar-refractivity contribution in [3.63, 3.8) is 0 Å². The molecule has 0 heterocycles. The Morgan fingerprint density at radius 2 is 2.09 bits per heavy atom. The standard InChI is InChI=1S/C8H20N2S/c1-3-5-6-8(4-2)7-9-10-11/h8-11H,3-7H2,1-2H3. The van der Waals surface area contributed by atoms with Gasteiger partial charge in [-0.25, -0.2) is 10.3 Å². The third-order valence-corrected chi connectivity index (χ3v) is 2.17. The molecule has 2 nitrogen and oxygen atoms in total. The lowest BCUT2D eigenvalue weighted by Crippen LogP contribution is -2.29. The first-order valence-corrected chi connectivity index (χ1v) is 4.91. The minimum atomic E-state index is 0.801. The van der Waals surface area contributed by atoms with Gasteiger partial charge in [0.15, 0.2) is 0 Å². The molecule has 0 spiro atoms. The van der Waals surface area contributed by atoms with Gasteiger partial charge in [0.1, 0.15) is 0 Å². The Bertz CT molecular complexity index is 70.5. The molecule has 0 aliphatic rings. The fraction of sp³-hybridized carbons (Fsp3) is 1.00. The van der Waals surface area contributed by atoms with Crippen LogP contribution in [-0.2, 0) is 0 Å². The predicted molar refractivity (Wildman–Crippen MR) is 53.4 cm³/mol. The number of hydrogen-bond acceptors (Lipinski definition) is 3. The van der Waals surface area contributed by atoms with Crippen molar-refractivity contribution in [3.8, 4) is 0 Å². The Kier molecular flexibility index (Phi) is 8.57. The fourth-order valence-electron chi connectivity index (χ4n) is 1.13. The smallest absolute Gasteiger partial charge is 0.0137 e. The molecule has 0 aliphatic carbocycles. The van der Waals surface area contributed by atoms with E-state index in [0.29, 0.717) is 0 Å². The van der Waals surface area contributed by atoms with Crippen molar-refractivity contribution in [1.82, 2.24) is 10.3 Å². The van der Waals surface area contributed by atoms with Crippen LogP contribution in [0.2, 0.25) is 0 Å². The van der Waals surface area contributed by atoms with Crippen LogP contribution in [0.1, 0.15) is 39.5 Å². The minimum absolute atomic E-state index is 0.801. The van der Waals surface area contributed by atoms with E-state index in [4.69, 9.17) is 0 Å². The zero-order valence-corrected chi connectivity index (χ0v) is 8.45. The van der Waals surface area contributed by atoms with Crippen LogP contribution in [0.25, 0.3) is 0 Å². The zero-order valence-electron chi connectivity index (χ0n) is 7.56. The average Bonchev–Trinajstić information content (AvgIpc) is 2.05. The summed E-state index contributed by atoms with van der Waals surface area (Å²) >= 11 is 3.86. The fourth-order valence-corrected chi connectivity index (χ4v) is 1.22. The third-order valence-electron chi connectivity index (χ3n) is 2.01. The number of unbranched alkanes of at least 4 members (excludes halogenated alkanes) is 1. The quantitative estimate of drug-likeness (QED) is 0.409. The lowest BCUT2D eigenvalue weighted by atomic mass is 10.00. The first kappa shape index (κ1) is 11.3. The Hall–Kier alpha value is 0.270. The Labute approximate surface area is 75.7 Å². The van der Waals surface area contributed by atoms with Crippen molar-refractivity contribution >= 4 is 12.8 Å². The largest absolute Gasteiger partial charge is 0.248 e. The maximum absolute atomic E-state index is 3.86. The minimum Gasteiger partial charge on any atom is -0.248 e. The molecule has 11 heavy (non-hydrogen) atoms. The van der Waals surface area contributed by atoms with Crippen molar-refractivity contribution < 1.29 is 0 Å². The van der Waals surface area contributed by atoms with Crippen molar-refractivity contribution in [2.24, 2.45) is 5.92 Å². The van der Waals surface area contributed by atoms with Crippen LogP contribution in [0.15, 0.2) is 0 Å². The van der Waals surface area contributed by atoms with Crippen molar-refractivity contribution in [3.05, 3.63) is 0 Å². The highest BCUT2D eigenvalue weighted by Gasteiger charge is 2.03. The second kappa shape index (κ2) is 8.37. The van der Waals surface area contributed by atoms with Gasteiger partial charge < -0.3 is 0 Å². The molecular weight excluding hydrogens is 156 g/mol. The van der Waals surface area contributed by atoms with Crippen LogP contribution in [0.3, 0.4) is 0 Å². The van der Waals surface area contributed by atoms with Crippen LogP contribution in [0, 0.1) is 5.92 Å². The summed E-state index contributed by atoms with van der Waals surface area (Å²) in [6, 6.07) is 0. The second-order valence-corrected chi connectivity index (χ2v) is 3.13. The number of hydrogen-bond donors (Lipinski definition) is 3. The highest BCUT2D eigenvalue weighted by atomic mass is 32.1. The van der Waals surface area contributed by atoms with Gasteiger partial charge in [0, 0.05) is 6.54 Å². The third kappa shape index (κ3) is 6.66. The highest BCUT2D eigenvalue weighted by Crippen LogP contribution is 2.10. The molecule has 2 N–H and O–H groups in total. The van der Waals surface area contributed by atoms with Crippen molar-refractivity contribution in [1.29, 1.82) is 0 Å². The van der Waals surface area contributed by atoms with Crippen LogP contribution >= 0.6 is 12.8 Å². The Morgan fingerprint density at radius 1 is 1.36 bits per heavy atom. The lowest BCUT2D eigenvalue weighted by molar-refractivity contribution is 0.416. The number of rotatable bonds is 7. The molecule has 0 aromatic carbocycles. The summed E-state index contributed by atoms with van der Waals surface area (Å²) in [5.41, 5.74) is 3.02. The molecule has 68 valence electrons. The summed E-state index contributed by atoms with van der Waals surface area (Å²) in [6.45, 7) is 5.50. The van der Waals surface area contributed by atoms with Gasteiger partial charge in [-0.05, 0) is 12.3 Å². The summed E-state index contributed by atoms with van der Waals surface area (Å²) in [6.07, 6.45) is 5.22. The summed E-state index contributed by atoms with van der Waals surface area (Å²) in [4.78, 5) is 2.65. The number of nitrogens with one attached hydrogen (secondary N) is 2. The number of thiol groups is 1. The molecular formula is C8H20N2S. The molecule has 0 aliphatic heterocycles. The van der Waals surface area contributed by atoms with Gasteiger partial charge in [0.2, 0.25) is 0 Å². The van der Waals surface area contributed by atoms with Crippen LogP contribution in [-0.4, -0.2) is 6.54 Å². The van der Waals surface area contributed by atoms with E-state index in [1.54, 1.807) is 0 Å². The average molecular weight is 176 g/mol. The van der Waals surface area contributed by atoms with Gasteiger partial charge in [-0.2, -0.15) is 0 Å². The maximum atomic E-state index is 3.86. The Morgan fingerprint density at radius 3 is 2.55 bits per heavy atom. The predicted octanol–water partition coefficient (Wildman–Crippen LogP) is 2.14. The molecule has 1 unspecified atom stereocenters. The topological polar surface area (TPSA) is 24.1 Å². The van der Waals surface area contributed by atoms with E-state index in [1.165, 1.54) is 25.7 Å². The van der Waals surface area contributed by atoms with E-state index in [2.05, 4.69) is 36.9 Å². The second-order valence-electron chi connectivity index (χ2n) is 2.91. The normalized spacial score (nSPS) is 13.4.